The lowest BCUT2D eigenvalue weighted by Crippen LogP contribution is -2.10. The van der Waals surface area contributed by atoms with Crippen LogP contribution < -0.4 is 4.90 Å². The summed E-state index contributed by atoms with van der Waals surface area (Å²) in [6, 6.07) is 96.5. The first-order chi connectivity index (χ1) is 35.2. The summed E-state index contributed by atoms with van der Waals surface area (Å²) in [5.74, 6) is 0. The van der Waals surface area contributed by atoms with E-state index in [0.717, 1.165) is 61.3 Å². The van der Waals surface area contributed by atoms with E-state index in [0.29, 0.717) is 0 Å². The van der Waals surface area contributed by atoms with Crippen LogP contribution in [0.15, 0.2) is 271 Å². The molecular formula is C68H44N2O. The number of nitrogens with zero attached hydrogens (tertiary/aromatic N) is 2. The van der Waals surface area contributed by atoms with E-state index in [9.17, 15) is 0 Å². The summed E-state index contributed by atoms with van der Waals surface area (Å²) >= 11 is 0. The average Bonchev–Trinajstić information content (AvgIpc) is 4.00. The molecule has 2 aromatic heterocycles. The summed E-state index contributed by atoms with van der Waals surface area (Å²) in [4.78, 5) is 2.39. The Kier molecular flexibility index (Phi) is 9.53. The predicted octanol–water partition coefficient (Wildman–Crippen LogP) is 19.1. The SMILES string of the molecule is c1ccc(-c2ccc(N(c3ccc(-c4ccc(-c5cccc6ccccc56)cc4)cc3)c3ccc(-c4cccc5c4c4ccccc4n5-c4cccc5ccccc45)cc3)c3c2oc2ccccc23)cc1. The van der Waals surface area contributed by atoms with Gasteiger partial charge in [-0.25, -0.2) is 0 Å². The average molecular weight is 905 g/mol. The van der Waals surface area contributed by atoms with Gasteiger partial charge in [-0.3, -0.25) is 0 Å². The maximum absolute atomic E-state index is 6.82. The highest BCUT2D eigenvalue weighted by Crippen LogP contribution is 2.47. The fourth-order valence-corrected chi connectivity index (χ4v) is 11.1. The molecule has 14 rings (SSSR count). The van der Waals surface area contributed by atoms with E-state index in [2.05, 4.69) is 276 Å². The predicted molar refractivity (Wildman–Crippen MR) is 299 cm³/mol. The second-order valence-corrected chi connectivity index (χ2v) is 18.4. The molecule has 0 N–H and O–H groups in total. The zero-order chi connectivity index (χ0) is 46.8. The molecule has 0 fully saturated rings. The fraction of sp³-hybridized carbons (Fsp3) is 0. The topological polar surface area (TPSA) is 21.3 Å². The molecule has 0 unspecified atom stereocenters. The van der Waals surface area contributed by atoms with Gasteiger partial charge in [0.15, 0.2) is 0 Å². The van der Waals surface area contributed by atoms with Crippen LogP contribution in [-0.4, -0.2) is 4.57 Å². The molecule has 0 aliphatic heterocycles. The molecule has 12 aromatic carbocycles. The lowest BCUT2D eigenvalue weighted by atomic mass is 9.96. The minimum absolute atomic E-state index is 0.862. The van der Waals surface area contributed by atoms with E-state index in [4.69, 9.17) is 4.42 Å². The van der Waals surface area contributed by atoms with Crippen LogP contribution in [-0.2, 0) is 0 Å². The third-order valence-electron chi connectivity index (χ3n) is 14.4. The summed E-state index contributed by atoms with van der Waals surface area (Å²) in [5.41, 5.74) is 17.7. The smallest absolute Gasteiger partial charge is 0.145 e. The van der Waals surface area contributed by atoms with Gasteiger partial charge in [-0.1, -0.05) is 206 Å². The van der Waals surface area contributed by atoms with Crippen molar-refractivity contribution in [2.75, 3.05) is 4.90 Å². The van der Waals surface area contributed by atoms with Gasteiger partial charge in [0.1, 0.15) is 11.2 Å². The van der Waals surface area contributed by atoms with Gasteiger partial charge in [0.25, 0.3) is 0 Å². The van der Waals surface area contributed by atoms with Gasteiger partial charge in [-0.2, -0.15) is 0 Å². The number of fused-ring (bicyclic) bond motifs is 8. The van der Waals surface area contributed by atoms with E-state index < -0.39 is 0 Å². The third kappa shape index (κ3) is 6.74. The van der Waals surface area contributed by atoms with Gasteiger partial charge >= 0.3 is 0 Å². The van der Waals surface area contributed by atoms with Crippen molar-refractivity contribution in [2.45, 2.75) is 0 Å². The Labute approximate surface area is 411 Å². The summed E-state index contributed by atoms with van der Waals surface area (Å²) in [5, 5.41) is 9.59. The normalized spacial score (nSPS) is 11.7. The lowest BCUT2D eigenvalue weighted by molar-refractivity contribution is 0.670. The standard InChI is InChI=1S/C68H44N2O/c1-2-15-49(16-3-1)58-43-44-64(67-60-24-9-11-30-65(60)71-68(58)67)69(52-39-35-46(36-40-52)45-31-33-50(34-32-45)55-25-12-19-47-17-4-6-21-54(47)55)53-41-37-51(38-42-53)57-26-14-29-63-66(57)59-23-8-10-27-62(59)70(63)61-28-13-20-48-18-5-7-22-56(48)61/h1-44H. The molecule has 0 bridgehead atoms. The number of para-hydroxylation sites is 2. The Morgan fingerprint density at radius 1 is 0.296 bits per heavy atom. The summed E-state index contributed by atoms with van der Waals surface area (Å²) in [6.45, 7) is 0. The molecule has 0 amide bonds. The zero-order valence-corrected chi connectivity index (χ0v) is 38.7. The van der Waals surface area contributed by atoms with Crippen molar-refractivity contribution in [3.63, 3.8) is 0 Å². The van der Waals surface area contributed by atoms with Crippen molar-refractivity contribution in [3.05, 3.63) is 267 Å². The van der Waals surface area contributed by atoms with Gasteiger partial charge in [0.2, 0.25) is 0 Å². The van der Waals surface area contributed by atoms with Crippen molar-refractivity contribution in [2.24, 2.45) is 0 Å². The molecular weight excluding hydrogens is 861 g/mol. The lowest BCUT2D eigenvalue weighted by Gasteiger charge is -2.27. The summed E-state index contributed by atoms with van der Waals surface area (Å²) < 4.78 is 9.26. The molecule has 2 heterocycles. The molecule has 0 aliphatic carbocycles. The van der Waals surface area contributed by atoms with E-state index in [1.807, 2.05) is 0 Å². The maximum Gasteiger partial charge on any atom is 0.145 e. The molecule has 0 saturated heterocycles. The Balaban J connectivity index is 0.909. The fourth-order valence-electron chi connectivity index (χ4n) is 11.1. The van der Waals surface area contributed by atoms with Crippen LogP contribution in [0.3, 0.4) is 0 Å². The molecule has 71 heavy (non-hydrogen) atoms. The number of furan rings is 1. The number of anilines is 3. The number of aromatic nitrogens is 1. The van der Waals surface area contributed by atoms with E-state index in [1.54, 1.807) is 0 Å². The molecule has 0 spiro atoms. The van der Waals surface area contributed by atoms with Gasteiger partial charge < -0.3 is 13.9 Å². The number of hydrogen-bond donors (Lipinski definition) is 0. The van der Waals surface area contributed by atoms with Gasteiger partial charge in [-0.15, -0.1) is 0 Å². The van der Waals surface area contributed by atoms with E-state index in [-0.39, 0.29) is 0 Å². The van der Waals surface area contributed by atoms with Gasteiger partial charge in [0, 0.05) is 38.5 Å². The molecule has 0 aliphatic rings. The minimum Gasteiger partial charge on any atom is -0.455 e. The highest BCUT2D eigenvalue weighted by atomic mass is 16.3. The van der Waals surface area contributed by atoms with Crippen molar-refractivity contribution in [3.8, 4) is 50.2 Å². The van der Waals surface area contributed by atoms with Crippen LogP contribution >= 0.6 is 0 Å². The Morgan fingerprint density at radius 3 is 1.56 bits per heavy atom. The van der Waals surface area contributed by atoms with Crippen molar-refractivity contribution < 1.29 is 4.42 Å². The quantitative estimate of drug-likeness (QED) is 0.151. The maximum atomic E-state index is 6.82. The van der Waals surface area contributed by atoms with Crippen molar-refractivity contribution >= 4 is 82.4 Å². The van der Waals surface area contributed by atoms with Crippen molar-refractivity contribution in [1.29, 1.82) is 0 Å². The monoisotopic (exact) mass is 904 g/mol. The highest BCUT2D eigenvalue weighted by molar-refractivity contribution is 6.18. The number of benzene rings is 12. The molecule has 14 aromatic rings. The van der Waals surface area contributed by atoms with Crippen molar-refractivity contribution in [1.82, 2.24) is 4.57 Å². The highest BCUT2D eigenvalue weighted by Gasteiger charge is 2.23. The molecule has 0 radical (unpaired) electrons. The van der Waals surface area contributed by atoms with Crippen LogP contribution in [0.5, 0.6) is 0 Å². The molecule has 0 saturated carbocycles. The van der Waals surface area contributed by atoms with Crippen LogP contribution in [0.2, 0.25) is 0 Å². The van der Waals surface area contributed by atoms with E-state index in [1.165, 1.54) is 71.3 Å². The van der Waals surface area contributed by atoms with Crippen LogP contribution in [0.4, 0.5) is 17.1 Å². The van der Waals surface area contributed by atoms with Crippen LogP contribution in [0.25, 0.3) is 115 Å². The number of hydrogen-bond acceptors (Lipinski definition) is 2. The summed E-state index contributed by atoms with van der Waals surface area (Å²) in [7, 11) is 0. The second kappa shape index (κ2) is 16.7. The minimum atomic E-state index is 0.862. The van der Waals surface area contributed by atoms with Crippen LogP contribution in [0, 0.1) is 0 Å². The Hall–Kier alpha value is -9.44. The van der Waals surface area contributed by atoms with Gasteiger partial charge in [0.05, 0.1) is 27.8 Å². The second-order valence-electron chi connectivity index (χ2n) is 18.4. The summed E-state index contributed by atoms with van der Waals surface area (Å²) in [6.07, 6.45) is 0. The first-order valence-electron chi connectivity index (χ1n) is 24.3. The number of rotatable bonds is 8. The molecule has 0 atom stereocenters. The largest absolute Gasteiger partial charge is 0.455 e. The first kappa shape index (κ1) is 40.6. The molecule has 3 nitrogen and oxygen atoms in total. The van der Waals surface area contributed by atoms with Crippen LogP contribution in [0.1, 0.15) is 0 Å². The Bertz CT molecular complexity index is 4300. The van der Waals surface area contributed by atoms with Gasteiger partial charge in [-0.05, 0) is 116 Å². The Morgan fingerprint density at radius 2 is 0.803 bits per heavy atom. The molecule has 332 valence electrons. The molecule has 3 heteroatoms. The zero-order valence-electron chi connectivity index (χ0n) is 38.7. The van der Waals surface area contributed by atoms with E-state index >= 15 is 0 Å². The third-order valence-corrected chi connectivity index (χ3v) is 14.4. The first-order valence-corrected chi connectivity index (χ1v) is 24.3.